The summed E-state index contributed by atoms with van der Waals surface area (Å²) in [7, 11) is 0. The molecule has 5 rings (SSSR count). The van der Waals surface area contributed by atoms with E-state index in [1.807, 2.05) is 43.3 Å². The molecule has 0 saturated heterocycles. The lowest BCUT2D eigenvalue weighted by molar-refractivity contribution is 0.247. The molecule has 1 N–H and O–H groups in total. The number of pyridine rings is 1. The molecule has 0 spiro atoms. The quantitative estimate of drug-likeness (QED) is 0.351. The lowest BCUT2D eigenvalue weighted by Gasteiger charge is -2.22. The van der Waals surface area contributed by atoms with Crippen molar-refractivity contribution < 1.29 is 4.42 Å². The maximum absolute atomic E-state index is 13.0. The van der Waals surface area contributed by atoms with Crippen molar-refractivity contribution in [2.75, 3.05) is 6.54 Å². The lowest BCUT2D eigenvalue weighted by atomic mass is 10.0. The van der Waals surface area contributed by atoms with Gasteiger partial charge in [-0.05, 0) is 71.0 Å². The fraction of sp³-hybridized carbons (Fsp3) is 0.259. The number of aryl methyl sites for hydroxylation is 2. The summed E-state index contributed by atoms with van der Waals surface area (Å²) in [6, 6.07) is 20.2. The van der Waals surface area contributed by atoms with Crippen molar-refractivity contribution >= 4 is 10.9 Å². The minimum Gasteiger partial charge on any atom is -0.467 e. The minimum absolute atomic E-state index is 0.0638. The van der Waals surface area contributed by atoms with Crippen LogP contribution in [0, 0.1) is 13.8 Å². The van der Waals surface area contributed by atoms with Crippen LogP contribution in [0.2, 0.25) is 0 Å². The first kappa shape index (κ1) is 22.7. The van der Waals surface area contributed by atoms with Crippen LogP contribution in [-0.4, -0.2) is 36.6 Å². The van der Waals surface area contributed by atoms with Crippen molar-refractivity contribution in [3.63, 3.8) is 0 Å². The van der Waals surface area contributed by atoms with Gasteiger partial charge in [0.05, 0.1) is 18.3 Å². The monoisotopic (exact) mass is 468 g/mol. The third-order valence-corrected chi connectivity index (χ3v) is 6.44. The van der Waals surface area contributed by atoms with Crippen LogP contribution >= 0.6 is 0 Å². The van der Waals surface area contributed by atoms with E-state index in [-0.39, 0.29) is 5.56 Å². The van der Waals surface area contributed by atoms with Gasteiger partial charge < -0.3 is 9.40 Å². The molecule has 3 heterocycles. The summed E-state index contributed by atoms with van der Waals surface area (Å²) < 4.78 is 7.21. The average molecular weight is 469 g/mol. The van der Waals surface area contributed by atoms with Crippen LogP contribution in [-0.2, 0) is 26.1 Å². The highest BCUT2D eigenvalue weighted by Crippen LogP contribution is 2.20. The van der Waals surface area contributed by atoms with Crippen LogP contribution in [0.3, 0.4) is 0 Å². The van der Waals surface area contributed by atoms with Gasteiger partial charge in [0, 0.05) is 18.7 Å². The maximum atomic E-state index is 13.0. The molecule has 178 valence electrons. The van der Waals surface area contributed by atoms with Crippen LogP contribution < -0.4 is 5.56 Å². The van der Waals surface area contributed by atoms with E-state index in [1.165, 1.54) is 5.56 Å². The van der Waals surface area contributed by atoms with E-state index in [1.54, 1.807) is 10.9 Å². The van der Waals surface area contributed by atoms with Gasteiger partial charge in [-0.25, -0.2) is 4.68 Å². The van der Waals surface area contributed by atoms with Crippen LogP contribution in [0.4, 0.5) is 0 Å². The van der Waals surface area contributed by atoms with Gasteiger partial charge in [-0.15, -0.1) is 5.10 Å². The number of furan rings is 1. The molecule has 0 radical (unpaired) electrons. The van der Waals surface area contributed by atoms with Gasteiger partial charge in [-0.1, -0.05) is 42.5 Å². The average Bonchev–Trinajstić information content (AvgIpc) is 3.54. The Morgan fingerprint density at radius 3 is 2.69 bits per heavy atom. The predicted molar refractivity (Wildman–Crippen MR) is 134 cm³/mol. The molecule has 8 heteroatoms. The molecular weight excluding hydrogens is 440 g/mol. The molecule has 0 amide bonds. The number of fused-ring (bicyclic) bond motifs is 1. The molecule has 0 atom stereocenters. The van der Waals surface area contributed by atoms with Gasteiger partial charge >= 0.3 is 0 Å². The highest BCUT2D eigenvalue weighted by Gasteiger charge is 2.16. The summed E-state index contributed by atoms with van der Waals surface area (Å²) in [5.74, 6) is 1.50. The summed E-state index contributed by atoms with van der Waals surface area (Å²) in [5, 5.41) is 13.3. The number of hydrogen-bond acceptors (Lipinski definition) is 6. The van der Waals surface area contributed by atoms with E-state index >= 15 is 0 Å². The lowest BCUT2D eigenvalue weighted by Crippen LogP contribution is -2.30. The van der Waals surface area contributed by atoms with Crippen molar-refractivity contribution in [1.29, 1.82) is 0 Å². The van der Waals surface area contributed by atoms with E-state index in [4.69, 9.17) is 4.42 Å². The molecule has 35 heavy (non-hydrogen) atoms. The number of H-pyrrole nitrogens is 1. The number of rotatable bonds is 9. The third kappa shape index (κ3) is 5.22. The van der Waals surface area contributed by atoms with Crippen LogP contribution in [0.5, 0.6) is 0 Å². The second kappa shape index (κ2) is 10.1. The summed E-state index contributed by atoms with van der Waals surface area (Å²) >= 11 is 0. The predicted octanol–water partition coefficient (Wildman–Crippen LogP) is 4.02. The van der Waals surface area contributed by atoms with E-state index < -0.39 is 0 Å². The molecule has 8 nitrogen and oxygen atoms in total. The first-order chi connectivity index (χ1) is 17.1. The largest absolute Gasteiger partial charge is 0.467 e. The topological polar surface area (TPSA) is 92.8 Å². The van der Waals surface area contributed by atoms with Gasteiger partial charge in [0.15, 0.2) is 5.82 Å². The molecule has 0 bridgehead atoms. The van der Waals surface area contributed by atoms with Crippen molar-refractivity contribution in [2.24, 2.45) is 0 Å². The number of benzene rings is 2. The fourth-order valence-electron chi connectivity index (χ4n) is 4.28. The van der Waals surface area contributed by atoms with Crippen molar-refractivity contribution in [2.45, 2.75) is 39.9 Å². The SMILES string of the molecule is Cc1ccc2cc(CN(CCc3ccccc3)Cc3nnnn3Cc3ccco3)c(=O)[nH]c2c1C. The maximum Gasteiger partial charge on any atom is 0.252 e. The van der Waals surface area contributed by atoms with Gasteiger partial charge in [-0.3, -0.25) is 9.69 Å². The first-order valence-electron chi connectivity index (χ1n) is 11.7. The van der Waals surface area contributed by atoms with E-state index in [0.29, 0.717) is 19.6 Å². The van der Waals surface area contributed by atoms with Crippen LogP contribution in [0.1, 0.15) is 33.8 Å². The minimum atomic E-state index is -0.0638. The summed E-state index contributed by atoms with van der Waals surface area (Å²) in [6.45, 7) is 6.29. The molecule has 5 aromatic rings. The Balaban J connectivity index is 1.42. The van der Waals surface area contributed by atoms with Crippen molar-refractivity contribution in [3.8, 4) is 0 Å². The van der Waals surface area contributed by atoms with Gasteiger partial charge in [0.25, 0.3) is 5.56 Å². The Morgan fingerprint density at radius 1 is 1.03 bits per heavy atom. The Hall–Kier alpha value is -4.04. The molecule has 3 aromatic heterocycles. The zero-order valence-electron chi connectivity index (χ0n) is 19.9. The van der Waals surface area contributed by atoms with Crippen molar-refractivity contribution in [3.05, 3.63) is 111 Å². The highest BCUT2D eigenvalue weighted by atomic mass is 16.3. The Kier molecular flexibility index (Phi) is 6.54. The summed E-state index contributed by atoms with van der Waals surface area (Å²) in [5.41, 5.74) is 5.06. The second-order valence-corrected chi connectivity index (χ2v) is 8.87. The third-order valence-electron chi connectivity index (χ3n) is 6.44. The standard InChI is InChI=1S/C27H28N6O2/c1-19-10-11-22-15-23(27(34)28-26(22)20(19)2)16-32(13-12-21-7-4-3-5-8-21)18-25-29-30-31-33(25)17-24-9-6-14-35-24/h3-11,14-15H,12-13,16-18H2,1-2H3,(H,28,34). The second-order valence-electron chi connectivity index (χ2n) is 8.87. The van der Waals surface area contributed by atoms with Gasteiger partial charge in [-0.2, -0.15) is 0 Å². The number of aromatic amines is 1. The molecule has 0 aliphatic heterocycles. The number of aromatic nitrogens is 5. The number of hydrogen-bond donors (Lipinski definition) is 1. The normalized spacial score (nSPS) is 11.5. The Labute approximate surface area is 203 Å². The van der Waals surface area contributed by atoms with Crippen LogP contribution in [0.15, 0.2) is 76.1 Å². The van der Waals surface area contributed by atoms with Crippen LogP contribution in [0.25, 0.3) is 10.9 Å². The van der Waals surface area contributed by atoms with E-state index in [2.05, 4.69) is 56.6 Å². The van der Waals surface area contributed by atoms with Crippen molar-refractivity contribution in [1.82, 2.24) is 30.1 Å². The molecule has 0 aliphatic carbocycles. The number of nitrogens with one attached hydrogen (secondary N) is 1. The smallest absolute Gasteiger partial charge is 0.252 e. The summed E-state index contributed by atoms with van der Waals surface area (Å²) in [4.78, 5) is 18.4. The molecule has 0 aliphatic rings. The van der Waals surface area contributed by atoms with E-state index in [9.17, 15) is 4.79 Å². The zero-order valence-corrected chi connectivity index (χ0v) is 19.9. The Morgan fingerprint density at radius 2 is 1.89 bits per heavy atom. The summed E-state index contributed by atoms with van der Waals surface area (Å²) in [6.07, 6.45) is 2.49. The molecule has 0 saturated carbocycles. The molecule has 0 fully saturated rings. The zero-order chi connectivity index (χ0) is 24.2. The number of nitrogens with zero attached hydrogens (tertiary/aromatic N) is 5. The highest BCUT2D eigenvalue weighted by molar-refractivity contribution is 5.83. The fourth-order valence-corrected chi connectivity index (χ4v) is 4.28. The first-order valence-corrected chi connectivity index (χ1v) is 11.7. The molecule has 0 unspecified atom stereocenters. The molecule has 2 aromatic carbocycles. The molecular formula is C27H28N6O2. The van der Waals surface area contributed by atoms with Gasteiger partial charge in [0.1, 0.15) is 12.3 Å². The van der Waals surface area contributed by atoms with E-state index in [0.717, 1.165) is 52.1 Å². The Bertz CT molecular complexity index is 1470. The van der Waals surface area contributed by atoms with Gasteiger partial charge in [0.2, 0.25) is 0 Å². The number of tetrazole rings is 1.